The van der Waals surface area contributed by atoms with E-state index < -0.39 is 0 Å². The first-order valence-electron chi connectivity index (χ1n) is 8.55. The van der Waals surface area contributed by atoms with E-state index in [0.717, 1.165) is 35.4 Å². The lowest BCUT2D eigenvalue weighted by Gasteiger charge is -2.23. The Labute approximate surface area is 148 Å². The minimum atomic E-state index is -0.00483. The predicted molar refractivity (Wildman–Crippen MR) is 97.4 cm³/mol. The molecule has 0 bridgehead atoms. The van der Waals surface area contributed by atoms with Crippen molar-refractivity contribution in [3.05, 3.63) is 59.7 Å². The number of methoxy groups -OCH3 is 1. The summed E-state index contributed by atoms with van der Waals surface area (Å²) >= 11 is 0. The highest BCUT2D eigenvalue weighted by molar-refractivity contribution is 5.81. The van der Waals surface area contributed by atoms with Gasteiger partial charge in [0.25, 0.3) is 0 Å². The maximum Gasteiger partial charge on any atom is 0.242 e. The third kappa shape index (κ3) is 4.73. The lowest BCUT2D eigenvalue weighted by atomic mass is 10.2. The zero-order valence-corrected chi connectivity index (χ0v) is 14.4. The molecule has 1 aliphatic rings. The highest BCUT2D eigenvalue weighted by Crippen LogP contribution is 2.29. The third-order valence-electron chi connectivity index (χ3n) is 4.37. The van der Waals surface area contributed by atoms with Gasteiger partial charge in [0.15, 0.2) is 0 Å². The van der Waals surface area contributed by atoms with Gasteiger partial charge in [-0.05, 0) is 48.2 Å². The fourth-order valence-corrected chi connectivity index (χ4v) is 2.79. The summed E-state index contributed by atoms with van der Waals surface area (Å²) in [6.07, 6.45) is 2.14. The number of hydrogen-bond acceptors (Lipinski definition) is 4. The number of ether oxygens (including phenoxy) is 1. The first kappa shape index (κ1) is 17.3. The summed E-state index contributed by atoms with van der Waals surface area (Å²) < 4.78 is 5.18. The number of anilines is 1. The monoisotopic (exact) mass is 340 g/mol. The van der Waals surface area contributed by atoms with Crippen molar-refractivity contribution in [1.29, 1.82) is 0 Å². The van der Waals surface area contributed by atoms with Crippen molar-refractivity contribution >= 4 is 11.6 Å². The van der Waals surface area contributed by atoms with Gasteiger partial charge in [0.1, 0.15) is 5.75 Å². The molecule has 2 N–H and O–H groups in total. The van der Waals surface area contributed by atoms with E-state index in [2.05, 4.69) is 5.32 Å². The smallest absolute Gasteiger partial charge is 0.242 e. The number of aliphatic hydroxyl groups is 1. The molecule has 1 saturated carbocycles. The van der Waals surface area contributed by atoms with Crippen LogP contribution in [0.4, 0.5) is 5.69 Å². The fraction of sp³-hybridized carbons (Fsp3) is 0.350. The van der Waals surface area contributed by atoms with Crippen LogP contribution in [0.15, 0.2) is 48.5 Å². The van der Waals surface area contributed by atoms with Crippen LogP contribution in [-0.2, 0) is 17.9 Å². The molecule has 0 aromatic heterocycles. The summed E-state index contributed by atoms with van der Waals surface area (Å²) in [5, 5.41) is 12.4. The Hall–Kier alpha value is -2.53. The van der Waals surface area contributed by atoms with Crippen LogP contribution in [0.25, 0.3) is 0 Å². The number of rotatable bonds is 8. The number of nitrogens with zero attached hydrogens (tertiary/aromatic N) is 1. The largest absolute Gasteiger partial charge is 0.497 e. The molecule has 0 heterocycles. The van der Waals surface area contributed by atoms with Crippen molar-refractivity contribution in [2.24, 2.45) is 0 Å². The van der Waals surface area contributed by atoms with Gasteiger partial charge >= 0.3 is 0 Å². The van der Waals surface area contributed by atoms with Crippen molar-refractivity contribution in [1.82, 2.24) is 4.90 Å². The molecule has 1 aliphatic carbocycles. The van der Waals surface area contributed by atoms with Gasteiger partial charge in [0.2, 0.25) is 5.91 Å². The van der Waals surface area contributed by atoms with E-state index in [9.17, 15) is 9.90 Å². The number of carbonyl (C=O) groups excluding carboxylic acids is 1. The summed E-state index contributed by atoms with van der Waals surface area (Å²) in [5.74, 6) is 0.909. The van der Waals surface area contributed by atoms with E-state index in [1.807, 2.05) is 53.4 Å². The van der Waals surface area contributed by atoms with E-state index in [1.54, 1.807) is 7.11 Å². The molecule has 2 aromatic rings. The fourth-order valence-electron chi connectivity index (χ4n) is 2.79. The number of carbonyl (C=O) groups is 1. The Morgan fingerprint density at radius 3 is 2.60 bits per heavy atom. The van der Waals surface area contributed by atoms with E-state index in [4.69, 9.17) is 4.74 Å². The van der Waals surface area contributed by atoms with Crippen molar-refractivity contribution < 1.29 is 14.6 Å². The van der Waals surface area contributed by atoms with Crippen LogP contribution in [0.2, 0.25) is 0 Å². The number of aliphatic hydroxyl groups excluding tert-OH is 1. The quantitative estimate of drug-likeness (QED) is 0.776. The summed E-state index contributed by atoms with van der Waals surface area (Å²) in [5.41, 5.74) is 2.78. The second-order valence-electron chi connectivity index (χ2n) is 6.31. The maximum atomic E-state index is 12.7. The molecule has 5 nitrogen and oxygen atoms in total. The first-order valence-corrected chi connectivity index (χ1v) is 8.55. The standard InChI is InChI=1S/C20H24N2O3/c1-25-19-9-5-15(6-10-19)13-22(18-7-8-18)20(24)12-21-17-4-2-3-16(11-17)14-23/h2-6,9-11,18,21,23H,7-8,12-14H2,1H3. The molecule has 0 aliphatic heterocycles. The third-order valence-corrected chi connectivity index (χ3v) is 4.37. The Bertz CT molecular complexity index is 711. The lowest BCUT2D eigenvalue weighted by Crippen LogP contribution is -2.36. The van der Waals surface area contributed by atoms with E-state index in [0.29, 0.717) is 12.6 Å². The van der Waals surface area contributed by atoms with Gasteiger partial charge in [0.05, 0.1) is 20.3 Å². The maximum absolute atomic E-state index is 12.7. The van der Waals surface area contributed by atoms with Crippen molar-refractivity contribution in [2.45, 2.75) is 32.0 Å². The minimum Gasteiger partial charge on any atom is -0.497 e. The van der Waals surface area contributed by atoms with Gasteiger partial charge in [-0.2, -0.15) is 0 Å². The number of amides is 1. The molecule has 1 fully saturated rings. The molecule has 25 heavy (non-hydrogen) atoms. The molecule has 5 heteroatoms. The molecule has 0 saturated heterocycles. The summed E-state index contributed by atoms with van der Waals surface area (Å²) in [4.78, 5) is 14.6. The Kier molecular flexibility index (Phi) is 5.56. The number of hydrogen-bond donors (Lipinski definition) is 2. The molecular formula is C20H24N2O3. The highest BCUT2D eigenvalue weighted by Gasteiger charge is 2.32. The molecule has 1 amide bonds. The average Bonchev–Trinajstić information content (AvgIpc) is 3.50. The van der Waals surface area contributed by atoms with Crippen LogP contribution in [0.5, 0.6) is 5.75 Å². The summed E-state index contributed by atoms with van der Waals surface area (Å²) in [6.45, 7) is 0.864. The zero-order chi connectivity index (χ0) is 17.6. The molecule has 3 rings (SSSR count). The molecular weight excluding hydrogens is 316 g/mol. The molecule has 132 valence electrons. The van der Waals surface area contributed by atoms with Crippen LogP contribution in [0.1, 0.15) is 24.0 Å². The molecule has 0 spiro atoms. The number of nitrogens with one attached hydrogen (secondary N) is 1. The van der Waals surface area contributed by atoms with Crippen LogP contribution < -0.4 is 10.1 Å². The van der Waals surface area contributed by atoms with E-state index >= 15 is 0 Å². The van der Waals surface area contributed by atoms with Crippen LogP contribution >= 0.6 is 0 Å². The lowest BCUT2D eigenvalue weighted by molar-refractivity contribution is -0.130. The zero-order valence-electron chi connectivity index (χ0n) is 14.4. The van der Waals surface area contributed by atoms with Crippen LogP contribution in [0.3, 0.4) is 0 Å². The first-order chi connectivity index (χ1) is 12.2. The van der Waals surface area contributed by atoms with Gasteiger partial charge in [-0.15, -0.1) is 0 Å². The SMILES string of the molecule is COc1ccc(CN(C(=O)CNc2cccc(CO)c2)C2CC2)cc1. The second-order valence-corrected chi connectivity index (χ2v) is 6.31. The van der Waals surface area contributed by atoms with Gasteiger partial charge in [-0.25, -0.2) is 0 Å². The topological polar surface area (TPSA) is 61.8 Å². The van der Waals surface area contributed by atoms with Crippen molar-refractivity contribution in [3.8, 4) is 5.75 Å². The van der Waals surface area contributed by atoms with Gasteiger partial charge in [-0.1, -0.05) is 24.3 Å². The van der Waals surface area contributed by atoms with Gasteiger partial charge in [0, 0.05) is 18.3 Å². The second kappa shape index (κ2) is 8.03. The predicted octanol–water partition coefficient (Wildman–Crippen LogP) is 2.79. The average molecular weight is 340 g/mol. The molecule has 0 radical (unpaired) electrons. The molecule has 2 aromatic carbocycles. The Balaban J connectivity index is 1.60. The normalized spacial score (nSPS) is 13.4. The summed E-state index contributed by atoms with van der Waals surface area (Å²) in [7, 11) is 1.65. The Morgan fingerprint density at radius 1 is 1.20 bits per heavy atom. The highest BCUT2D eigenvalue weighted by atomic mass is 16.5. The van der Waals surface area contributed by atoms with E-state index in [1.165, 1.54) is 0 Å². The Morgan fingerprint density at radius 2 is 1.96 bits per heavy atom. The summed E-state index contributed by atoms with van der Waals surface area (Å²) in [6, 6.07) is 15.7. The van der Waals surface area contributed by atoms with Crippen molar-refractivity contribution in [3.63, 3.8) is 0 Å². The van der Waals surface area contributed by atoms with Crippen LogP contribution in [0, 0.1) is 0 Å². The van der Waals surface area contributed by atoms with E-state index in [-0.39, 0.29) is 19.1 Å². The molecule has 0 atom stereocenters. The number of benzene rings is 2. The van der Waals surface area contributed by atoms with Gasteiger partial charge in [-0.3, -0.25) is 4.79 Å². The van der Waals surface area contributed by atoms with Crippen LogP contribution in [-0.4, -0.2) is 35.6 Å². The van der Waals surface area contributed by atoms with Gasteiger partial charge < -0.3 is 20.1 Å². The van der Waals surface area contributed by atoms with Crippen molar-refractivity contribution in [2.75, 3.05) is 19.0 Å². The molecule has 0 unspecified atom stereocenters. The minimum absolute atomic E-state index is 0.00483.